The fourth-order valence-corrected chi connectivity index (χ4v) is 6.53. The maximum absolute atomic E-state index is 14.4. The minimum absolute atomic E-state index is 0.0124. The Morgan fingerprint density at radius 1 is 0.921 bits per heavy atom. The van der Waals surface area contributed by atoms with Gasteiger partial charge in [0, 0.05) is 24.7 Å². The number of likely N-dealkylation sites (tertiary alicyclic amines) is 1. The van der Waals surface area contributed by atoms with Crippen LogP contribution in [-0.2, 0) is 14.3 Å². The molecule has 2 aromatic rings. The molecule has 0 aromatic heterocycles. The fraction of sp³-hybridized carbons (Fsp3) is 0.516. The molecule has 2 atom stereocenters. The highest BCUT2D eigenvalue weighted by molar-refractivity contribution is 6.01. The van der Waals surface area contributed by atoms with Gasteiger partial charge in [-0.25, -0.2) is 0 Å². The largest absolute Gasteiger partial charge is 0.497 e. The van der Waals surface area contributed by atoms with Crippen molar-refractivity contribution in [3.63, 3.8) is 0 Å². The number of piperidine rings is 1. The van der Waals surface area contributed by atoms with Gasteiger partial charge in [-0.15, -0.1) is 0 Å². The predicted molar refractivity (Wildman–Crippen MR) is 144 cm³/mol. The first kappa shape index (κ1) is 26.3. The molecule has 0 unspecified atom stereocenters. The number of carbonyl (C=O) groups is 3. The first-order valence-electron chi connectivity index (χ1n) is 14.0. The van der Waals surface area contributed by atoms with Gasteiger partial charge in [0.25, 0.3) is 5.91 Å². The summed E-state index contributed by atoms with van der Waals surface area (Å²) in [7, 11) is 1.63. The van der Waals surface area contributed by atoms with Crippen LogP contribution in [0.25, 0.3) is 0 Å². The number of carbonyl (C=O) groups excluding carboxylic acids is 3. The van der Waals surface area contributed by atoms with Gasteiger partial charge in [0.05, 0.1) is 31.6 Å². The molecule has 2 fully saturated rings. The number of esters is 1. The topological polar surface area (TPSA) is 76.2 Å². The van der Waals surface area contributed by atoms with Gasteiger partial charge in [0.2, 0.25) is 5.91 Å². The third-order valence-corrected chi connectivity index (χ3v) is 8.49. The van der Waals surface area contributed by atoms with E-state index < -0.39 is 12.0 Å². The summed E-state index contributed by atoms with van der Waals surface area (Å²) in [5.41, 5.74) is 2.37. The number of nitrogens with zero attached hydrogens (tertiary/aromatic N) is 2. The summed E-state index contributed by atoms with van der Waals surface area (Å²) >= 11 is 0. The lowest BCUT2D eigenvalue weighted by molar-refractivity contribution is -0.151. The number of hydrogen-bond donors (Lipinski definition) is 0. The van der Waals surface area contributed by atoms with E-state index in [0.717, 1.165) is 42.6 Å². The van der Waals surface area contributed by atoms with Gasteiger partial charge < -0.3 is 19.3 Å². The Labute approximate surface area is 225 Å². The van der Waals surface area contributed by atoms with E-state index in [9.17, 15) is 14.4 Å². The lowest BCUT2D eigenvalue weighted by Crippen LogP contribution is -2.53. The molecule has 2 aromatic carbocycles. The van der Waals surface area contributed by atoms with Gasteiger partial charge in [-0.1, -0.05) is 49.6 Å². The van der Waals surface area contributed by atoms with Gasteiger partial charge in [-0.3, -0.25) is 14.4 Å². The summed E-state index contributed by atoms with van der Waals surface area (Å²) in [5.74, 6) is -0.0850. The van der Waals surface area contributed by atoms with Crippen LogP contribution in [0.1, 0.15) is 85.3 Å². The SMILES string of the molecule is CCOC(=O)C1CCN(C(=O)[C@@H]2c3ccccc3C(=O)N(C3CCCCC3)[C@H]2c2ccc(OC)cc2)CC1. The molecule has 2 heterocycles. The molecule has 0 radical (unpaired) electrons. The Hall–Kier alpha value is -3.35. The van der Waals surface area contributed by atoms with E-state index in [0.29, 0.717) is 38.1 Å². The van der Waals surface area contributed by atoms with E-state index in [1.807, 2.05) is 65.3 Å². The summed E-state index contributed by atoms with van der Waals surface area (Å²) in [4.78, 5) is 44.7. The zero-order valence-corrected chi connectivity index (χ0v) is 22.4. The van der Waals surface area contributed by atoms with E-state index in [2.05, 4.69) is 0 Å². The van der Waals surface area contributed by atoms with E-state index in [-0.39, 0.29) is 29.7 Å². The second-order valence-electron chi connectivity index (χ2n) is 10.6. The Morgan fingerprint density at radius 3 is 2.26 bits per heavy atom. The van der Waals surface area contributed by atoms with Crippen molar-refractivity contribution in [1.82, 2.24) is 9.80 Å². The number of rotatable bonds is 6. The van der Waals surface area contributed by atoms with Crippen LogP contribution in [0.3, 0.4) is 0 Å². The molecular weight excluding hydrogens is 480 g/mol. The molecule has 3 aliphatic rings. The second kappa shape index (κ2) is 11.6. The molecule has 1 saturated heterocycles. The molecule has 5 rings (SSSR count). The van der Waals surface area contributed by atoms with Crippen molar-refractivity contribution in [1.29, 1.82) is 0 Å². The van der Waals surface area contributed by atoms with Crippen molar-refractivity contribution < 1.29 is 23.9 Å². The lowest BCUT2D eigenvalue weighted by Gasteiger charge is -2.48. The Balaban J connectivity index is 1.53. The van der Waals surface area contributed by atoms with E-state index in [1.165, 1.54) is 6.42 Å². The molecule has 0 bridgehead atoms. The summed E-state index contributed by atoms with van der Waals surface area (Å²) < 4.78 is 10.6. The van der Waals surface area contributed by atoms with Crippen LogP contribution in [0.2, 0.25) is 0 Å². The zero-order valence-electron chi connectivity index (χ0n) is 22.4. The first-order chi connectivity index (χ1) is 18.5. The van der Waals surface area contributed by atoms with Crippen molar-refractivity contribution in [2.75, 3.05) is 26.8 Å². The fourth-order valence-electron chi connectivity index (χ4n) is 6.53. The molecule has 0 spiro atoms. The quantitative estimate of drug-likeness (QED) is 0.497. The lowest BCUT2D eigenvalue weighted by atomic mass is 9.76. The number of ether oxygens (including phenoxy) is 2. The average molecular weight is 519 g/mol. The molecule has 2 amide bonds. The second-order valence-corrected chi connectivity index (χ2v) is 10.6. The van der Waals surface area contributed by atoms with Gasteiger partial charge in [0.15, 0.2) is 0 Å². The van der Waals surface area contributed by atoms with Crippen molar-refractivity contribution >= 4 is 17.8 Å². The molecular formula is C31H38N2O5. The number of methoxy groups -OCH3 is 1. The van der Waals surface area contributed by atoms with Crippen LogP contribution in [0.5, 0.6) is 5.75 Å². The predicted octanol–water partition coefficient (Wildman–Crippen LogP) is 5.11. The molecule has 0 N–H and O–H groups in total. The summed E-state index contributed by atoms with van der Waals surface area (Å²) in [6.45, 7) is 3.20. The summed E-state index contributed by atoms with van der Waals surface area (Å²) in [5, 5.41) is 0. The Bertz CT molecular complexity index is 1150. The van der Waals surface area contributed by atoms with Gasteiger partial charge in [-0.05, 0) is 61.9 Å². The van der Waals surface area contributed by atoms with E-state index in [4.69, 9.17) is 9.47 Å². The molecule has 7 heteroatoms. The van der Waals surface area contributed by atoms with E-state index >= 15 is 0 Å². The highest BCUT2D eigenvalue weighted by Crippen LogP contribution is 2.47. The molecule has 2 aliphatic heterocycles. The number of fused-ring (bicyclic) bond motifs is 1. The molecule has 38 heavy (non-hydrogen) atoms. The van der Waals surface area contributed by atoms with Crippen LogP contribution >= 0.6 is 0 Å². The Morgan fingerprint density at radius 2 is 1.61 bits per heavy atom. The van der Waals surface area contributed by atoms with Gasteiger partial charge >= 0.3 is 5.97 Å². The minimum Gasteiger partial charge on any atom is -0.497 e. The third kappa shape index (κ3) is 5.03. The van der Waals surface area contributed by atoms with Crippen LogP contribution < -0.4 is 4.74 Å². The first-order valence-corrected chi connectivity index (χ1v) is 14.0. The zero-order chi connectivity index (χ0) is 26.6. The number of benzene rings is 2. The molecule has 7 nitrogen and oxygen atoms in total. The van der Waals surface area contributed by atoms with Crippen molar-refractivity contribution in [3.8, 4) is 5.75 Å². The monoisotopic (exact) mass is 518 g/mol. The standard InChI is InChI=1S/C31H38N2O5/c1-3-38-31(36)22-17-19-32(20-18-22)30(35)27-25-11-7-8-12-26(25)29(34)33(23-9-5-4-6-10-23)28(27)21-13-15-24(37-2)16-14-21/h7-8,11-16,22-23,27-28H,3-6,9-10,17-20H2,1-2H3/t27-,28+/m1/s1. The van der Waals surface area contributed by atoms with Crippen LogP contribution in [-0.4, -0.2) is 60.4 Å². The smallest absolute Gasteiger partial charge is 0.309 e. The van der Waals surface area contributed by atoms with Gasteiger partial charge in [-0.2, -0.15) is 0 Å². The van der Waals surface area contributed by atoms with Gasteiger partial charge in [0.1, 0.15) is 5.75 Å². The average Bonchev–Trinajstić information content (AvgIpc) is 2.97. The van der Waals surface area contributed by atoms with Crippen molar-refractivity contribution in [3.05, 3.63) is 65.2 Å². The molecule has 1 aliphatic carbocycles. The van der Waals surface area contributed by atoms with Crippen molar-refractivity contribution in [2.24, 2.45) is 5.92 Å². The normalized spacial score (nSPS) is 22.6. The summed E-state index contributed by atoms with van der Waals surface area (Å²) in [6.07, 6.45) is 6.45. The number of amides is 2. The maximum atomic E-state index is 14.4. The van der Waals surface area contributed by atoms with Crippen LogP contribution in [0, 0.1) is 5.92 Å². The van der Waals surface area contributed by atoms with Crippen LogP contribution in [0.15, 0.2) is 48.5 Å². The highest BCUT2D eigenvalue weighted by atomic mass is 16.5. The summed E-state index contributed by atoms with van der Waals surface area (Å²) in [6, 6.07) is 15.1. The van der Waals surface area contributed by atoms with Crippen molar-refractivity contribution in [2.45, 2.75) is 69.9 Å². The third-order valence-electron chi connectivity index (χ3n) is 8.49. The Kier molecular flexibility index (Phi) is 8.01. The maximum Gasteiger partial charge on any atom is 0.309 e. The van der Waals surface area contributed by atoms with E-state index in [1.54, 1.807) is 7.11 Å². The minimum atomic E-state index is -0.515. The molecule has 1 saturated carbocycles. The van der Waals surface area contributed by atoms with Crippen LogP contribution in [0.4, 0.5) is 0 Å². The highest BCUT2D eigenvalue weighted by Gasteiger charge is 2.48. The number of hydrogen-bond acceptors (Lipinski definition) is 5. The molecule has 202 valence electrons.